The Morgan fingerprint density at radius 1 is 0.926 bits per heavy atom. The Morgan fingerprint density at radius 3 is 1.78 bits per heavy atom. The van der Waals surface area contributed by atoms with Gasteiger partial charge in [0, 0.05) is 25.9 Å². The van der Waals surface area contributed by atoms with E-state index in [1.807, 2.05) is 0 Å². The van der Waals surface area contributed by atoms with Gasteiger partial charge in [-0.05, 0) is 36.3 Å². The van der Waals surface area contributed by atoms with Crippen LogP contribution in [0.1, 0.15) is 54.9 Å². The van der Waals surface area contributed by atoms with Crippen molar-refractivity contribution in [1.29, 1.82) is 0 Å². The van der Waals surface area contributed by atoms with Crippen LogP contribution in [-0.2, 0) is 23.1 Å². The van der Waals surface area contributed by atoms with Crippen molar-refractivity contribution in [3.63, 3.8) is 0 Å². The number of ether oxygens (including phenoxy) is 2. The van der Waals surface area contributed by atoms with Crippen LogP contribution < -0.4 is 0 Å². The van der Waals surface area contributed by atoms with Gasteiger partial charge in [-0.2, -0.15) is 0 Å². The monoisotopic (exact) mass is 418 g/mol. The first kappa shape index (κ1) is 24.8. The molecular weight excluding hydrogens is 376 g/mol. The Bertz CT molecular complexity index is 467. The van der Waals surface area contributed by atoms with Crippen LogP contribution in [0.4, 0.5) is 0 Å². The highest BCUT2D eigenvalue weighted by atomic mass is 28.4. The van der Waals surface area contributed by atoms with Crippen LogP contribution >= 0.6 is 0 Å². The number of hydrogen-bond acceptors (Lipinski definition) is 5. The van der Waals surface area contributed by atoms with Crippen molar-refractivity contribution in [2.75, 3.05) is 13.2 Å². The molecule has 0 aromatic heterocycles. The molecule has 27 heavy (non-hydrogen) atoms. The standard InChI is InChI=1S/C20H42O5Si2/c1-15(21)24-18-12-16(13-22-26(8,9)19(2,3)4)17(25-18)14-23-27(10,11)20(5,6)7/h16-18H,12-14H2,1-11H3/t16-,17-,18-/m1/s1. The first-order chi connectivity index (χ1) is 12.0. The van der Waals surface area contributed by atoms with Gasteiger partial charge < -0.3 is 18.3 Å². The predicted molar refractivity (Wildman–Crippen MR) is 115 cm³/mol. The van der Waals surface area contributed by atoms with Gasteiger partial charge in [-0.3, -0.25) is 4.79 Å². The molecule has 0 unspecified atom stereocenters. The first-order valence-corrected chi connectivity index (χ1v) is 15.9. The zero-order valence-electron chi connectivity index (χ0n) is 19.4. The summed E-state index contributed by atoms with van der Waals surface area (Å²) in [7, 11) is -3.71. The lowest BCUT2D eigenvalue weighted by atomic mass is 10.0. The summed E-state index contributed by atoms with van der Waals surface area (Å²) < 4.78 is 24.2. The predicted octanol–water partition coefficient (Wildman–Crippen LogP) is 5.32. The van der Waals surface area contributed by atoms with Crippen LogP contribution in [0.2, 0.25) is 36.3 Å². The molecule has 0 aromatic carbocycles. The molecule has 1 saturated heterocycles. The van der Waals surface area contributed by atoms with E-state index in [4.69, 9.17) is 18.3 Å². The van der Waals surface area contributed by atoms with Gasteiger partial charge in [-0.15, -0.1) is 0 Å². The molecule has 1 heterocycles. The Kier molecular flexibility index (Phi) is 7.95. The summed E-state index contributed by atoms with van der Waals surface area (Å²) in [5.74, 6) is -0.136. The van der Waals surface area contributed by atoms with Crippen LogP contribution in [0, 0.1) is 5.92 Å². The molecule has 0 radical (unpaired) electrons. The zero-order chi connectivity index (χ0) is 21.3. The second-order valence-electron chi connectivity index (χ2n) is 10.9. The van der Waals surface area contributed by atoms with Gasteiger partial charge in [0.2, 0.25) is 6.29 Å². The van der Waals surface area contributed by atoms with E-state index in [2.05, 4.69) is 67.7 Å². The van der Waals surface area contributed by atoms with Crippen molar-refractivity contribution < 1.29 is 23.1 Å². The Labute approximate surface area is 168 Å². The van der Waals surface area contributed by atoms with Crippen molar-refractivity contribution in [2.24, 2.45) is 5.92 Å². The average Bonchev–Trinajstić information content (AvgIpc) is 2.82. The minimum atomic E-state index is -1.87. The van der Waals surface area contributed by atoms with Crippen LogP contribution in [0.15, 0.2) is 0 Å². The van der Waals surface area contributed by atoms with Crippen LogP contribution in [0.25, 0.3) is 0 Å². The third-order valence-corrected chi connectivity index (χ3v) is 15.5. The van der Waals surface area contributed by atoms with Gasteiger partial charge in [0.15, 0.2) is 16.6 Å². The van der Waals surface area contributed by atoms with Crippen LogP contribution in [0.3, 0.4) is 0 Å². The molecule has 3 atom stereocenters. The molecule has 160 valence electrons. The van der Waals surface area contributed by atoms with E-state index in [0.717, 1.165) is 0 Å². The third-order valence-electron chi connectivity index (χ3n) is 6.52. The lowest BCUT2D eigenvalue weighted by Gasteiger charge is -2.38. The van der Waals surface area contributed by atoms with Gasteiger partial charge in [0.25, 0.3) is 0 Å². The van der Waals surface area contributed by atoms with Crippen LogP contribution in [-0.4, -0.2) is 48.2 Å². The Balaban J connectivity index is 2.80. The molecule has 0 N–H and O–H groups in total. The van der Waals surface area contributed by atoms with E-state index in [9.17, 15) is 4.79 Å². The minimum Gasteiger partial charge on any atom is -0.436 e. The first-order valence-electron chi connectivity index (χ1n) is 10.1. The highest BCUT2D eigenvalue weighted by Crippen LogP contribution is 2.40. The normalized spacial score (nSPS) is 24.9. The Hall–Kier alpha value is -0.216. The molecule has 1 fully saturated rings. The molecule has 0 amide bonds. The number of rotatable bonds is 7. The molecular formula is C20H42O5Si2. The van der Waals surface area contributed by atoms with E-state index >= 15 is 0 Å². The lowest BCUT2D eigenvalue weighted by molar-refractivity contribution is -0.174. The quantitative estimate of drug-likeness (QED) is 0.413. The van der Waals surface area contributed by atoms with Crippen LogP contribution in [0.5, 0.6) is 0 Å². The van der Waals surface area contributed by atoms with Gasteiger partial charge in [-0.1, -0.05) is 41.5 Å². The topological polar surface area (TPSA) is 54.0 Å². The van der Waals surface area contributed by atoms with Crippen molar-refractivity contribution >= 4 is 22.6 Å². The fraction of sp³-hybridized carbons (Fsp3) is 0.950. The summed E-state index contributed by atoms with van der Waals surface area (Å²) in [6.45, 7) is 25.0. The van der Waals surface area contributed by atoms with E-state index in [0.29, 0.717) is 19.6 Å². The van der Waals surface area contributed by atoms with Gasteiger partial charge in [0.1, 0.15) is 0 Å². The maximum absolute atomic E-state index is 11.4. The number of carbonyl (C=O) groups excluding carboxylic acids is 1. The summed E-state index contributed by atoms with van der Waals surface area (Å²) >= 11 is 0. The molecule has 5 nitrogen and oxygen atoms in total. The highest BCUT2D eigenvalue weighted by molar-refractivity contribution is 6.74. The van der Waals surface area contributed by atoms with Crippen molar-refractivity contribution in [3.05, 3.63) is 0 Å². The molecule has 7 heteroatoms. The van der Waals surface area contributed by atoms with E-state index in [-0.39, 0.29) is 28.1 Å². The minimum absolute atomic E-state index is 0.103. The van der Waals surface area contributed by atoms with Gasteiger partial charge in [0.05, 0.1) is 12.7 Å². The molecule has 0 spiro atoms. The summed E-state index contributed by atoms with van der Waals surface area (Å²) in [5, 5.41) is 0.308. The summed E-state index contributed by atoms with van der Waals surface area (Å²) in [6.07, 6.45) is 0.0662. The SMILES string of the molecule is CC(=O)O[C@H]1C[C@H](CO[Si](C)(C)C(C)(C)C)[C@@H](CO[Si](C)(C)C(C)(C)C)O1. The summed E-state index contributed by atoms with van der Waals surface area (Å²) in [5.41, 5.74) is 0. The third kappa shape index (κ3) is 6.96. The largest absolute Gasteiger partial charge is 0.436 e. The second kappa shape index (κ2) is 8.65. The summed E-state index contributed by atoms with van der Waals surface area (Å²) in [6, 6.07) is 0. The molecule has 0 saturated carbocycles. The van der Waals surface area contributed by atoms with E-state index in [1.165, 1.54) is 6.92 Å². The molecule has 0 aromatic rings. The zero-order valence-corrected chi connectivity index (χ0v) is 21.4. The Morgan fingerprint density at radius 2 is 1.37 bits per heavy atom. The average molecular weight is 419 g/mol. The molecule has 0 bridgehead atoms. The summed E-state index contributed by atoms with van der Waals surface area (Å²) in [4.78, 5) is 11.4. The van der Waals surface area contributed by atoms with Gasteiger partial charge in [-0.25, -0.2) is 0 Å². The van der Waals surface area contributed by atoms with Crippen molar-refractivity contribution in [3.8, 4) is 0 Å². The lowest BCUT2D eigenvalue weighted by Crippen LogP contribution is -2.45. The highest BCUT2D eigenvalue weighted by Gasteiger charge is 2.44. The second-order valence-corrected chi connectivity index (χ2v) is 20.5. The van der Waals surface area contributed by atoms with E-state index < -0.39 is 22.9 Å². The maximum atomic E-state index is 11.4. The number of esters is 1. The van der Waals surface area contributed by atoms with E-state index in [1.54, 1.807) is 0 Å². The molecule has 1 aliphatic rings. The fourth-order valence-electron chi connectivity index (χ4n) is 2.41. The molecule has 0 aliphatic carbocycles. The maximum Gasteiger partial charge on any atom is 0.304 e. The van der Waals surface area contributed by atoms with Crippen molar-refractivity contribution in [2.45, 2.75) is 104 Å². The number of hydrogen-bond donors (Lipinski definition) is 0. The molecule has 1 aliphatic heterocycles. The molecule has 1 rings (SSSR count). The smallest absolute Gasteiger partial charge is 0.304 e. The van der Waals surface area contributed by atoms with Gasteiger partial charge >= 0.3 is 5.97 Å². The fourth-order valence-corrected chi connectivity index (χ4v) is 4.49. The number of carbonyl (C=O) groups is 1. The van der Waals surface area contributed by atoms with Crippen molar-refractivity contribution in [1.82, 2.24) is 0 Å².